The van der Waals surface area contributed by atoms with Crippen molar-refractivity contribution in [2.75, 3.05) is 5.75 Å². The molecule has 2 N–H and O–H groups in total. The first-order valence-electron chi connectivity index (χ1n) is 9.31. The third kappa shape index (κ3) is 5.95. The molecular formula is C21H23N3O3S2. The molecule has 0 radical (unpaired) electrons. The normalized spacial score (nSPS) is 13.0. The first kappa shape index (κ1) is 21.1. The summed E-state index contributed by atoms with van der Waals surface area (Å²) in [5.74, 6) is -1.36. The number of aromatic nitrogens is 2. The number of carbonyl (C=O) groups is 2. The number of rotatable bonds is 10. The fourth-order valence-electron chi connectivity index (χ4n) is 2.99. The van der Waals surface area contributed by atoms with Gasteiger partial charge in [-0.3, -0.25) is 9.48 Å². The highest BCUT2D eigenvalue weighted by molar-refractivity contribution is 7.80. The van der Waals surface area contributed by atoms with Crippen molar-refractivity contribution in [1.29, 1.82) is 0 Å². The Labute approximate surface area is 179 Å². The Hall–Kier alpha value is -2.58. The molecule has 0 bridgehead atoms. The molecule has 2 atom stereocenters. The molecule has 0 saturated carbocycles. The first-order chi connectivity index (χ1) is 14.1. The lowest BCUT2D eigenvalue weighted by Crippen LogP contribution is -2.38. The molecule has 6 nitrogen and oxygen atoms in total. The van der Waals surface area contributed by atoms with Crippen LogP contribution in [0.1, 0.15) is 27.8 Å². The predicted octanol–water partition coefficient (Wildman–Crippen LogP) is 3.41. The zero-order valence-electron chi connectivity index (χ0n) is 15.8. The van der Waals surface area contributed by atoms with Crippen molar-refractivity contribution in [3.05, 3.63) is 76.2 Å². The number of aryl methyl sites for hydroxylation is 1. The summed E-state index contributed by atoms with van der Waals surface area (Å²) in [5, 5.41) is 16.5. The predicted molar refractivity (Wildman–Crippen MR) is 116 cm³/mol. The van der Waals surface area contributed by atoms with E-state index in [2.05, 4.69) is 23.0 Å². The molecule has 0 fully saturated rings. The van der Waals surface area contributed by atoms with Crippen LogP contribution in [0.25, 0.3) is 0 Å². The molecule has 1 amide bonds. The second-order valence-electron chi connectivity index (χ2n) is 6.69. The number of thiol groups is 1. The molecule has 2 unspecified atom stereocenters. The Balaban J connectivity index is 1.63. The number of thiophene rings is 1. The van der Waals surface area contributed by atoms with Gasteiger partial charge in [-0.05, 0) is 36.6 Å². The lowest BCUT2D eigenvalue weighted by atomic mass is 9.99. The van der Waals surface area contributed by atoms with E-state index in [9.17, 15) is 14.7 Å². The molecule has 0 saturated heterocycles. The molecule has 0 aliphatic rings. The van der Waals surface area contributed by atoms with Gasteiger partial charge in [0.05, 0.1) is 6.54 Å². The number of nitrogens with one attached hydrogen (secondary N) is 1. The highest BCUT2D eigenvalue weighted by Gasteiger charge is 2.27. The average Bonchev–Trinajstić information content (AvgIpc) is 3.40. The summed E-state index contributed by atoms with van der Waals surface area (Å²) in [6, 6.07) is 14.3. The minimum atomic E-state index is -1.08. The molecule has 0 aliphatic heterocycles. The van der Waals surface area contributed by atoms with E-state index >= 15 is 0 Å². The van der Waals surface area contributed by atoms with Crippen molar-refractivity contribution >= 4 is 35.8 Å². The Morgan fingerprint density at radius 2 is 1.97 bits per heavy atom. The highest BCUT2D eigenvalue weighted by atomic mass is 32.1. The van der Waals surface area contributed by atoms with Crippen LogP contribution in [0.2, 0.25) is 0 Å². The van der Waals surface area contributed by atoms with Crippen LogP contribution in [-0.4, -0.2) is 32.5 Å². The number of hydrogen-bond donors (Lipinski definition) is 3. The van der Waals surface area contributed by atoms with Crippen LogP contribution in [0.3, 0.4) is 0 Å². The number of carboxylic acid groups (broad SMARTS) is 1. The summed E-state index contributed by atoms with van der Waals surface area (Å²) in [6.07, 6.45) is 4.90. The van der Waals surface area contributed by atoms with Crippen molar-refractivity contribution in [2.45, 2.75) is 25.4 Å². The third-order valence-corrected chi connectivity index (χ3v) is 6.17. The van der Waals surface area contributed by atoms with E-state index in [4.69, 9.17) is 0 Å². The number of carbonyl (C=O) groups excluding carboxylic acids is 1. The van der Waals surface area contributed by atoms with Gasteiger partial charge in [0.25, 0.3) is 0 Å². The van der Waals surface area contributed by atoms with Crippen molar-refractivity contribution < 1.29 is 14.7 Å². The summed E-state index contributed by atoms with van der Waals surface area (Å²) >= 11 is 5.66. The fourth-order valence-corrected chi connectivity index (χ4v) is 4.39. The quantitative estimate of drug-likeness (QED) is 0.431. The lowest BCUT2D eigenvalue weighted by molar-refractivity contribution is -0.142. The van der Waals surface area contributed by atoms with Crippen molar-refractivity contribution in [1.82, 2.24) is 15.1 Å². The summed E-state index contributed by atoms with van der Waals surface area (Å²) in [4.78, 5) is 26.1. The van der Waals surface area contributed by atoms with Gasteiger partial charge in [-0.15, -0.1) is 11.3 Å². The Bertz CT molecular complexity index is 926. The zero-order valence-corrected chi connectivity index (χ0v) is 17.5. The number of aliphatic carboxylic acids is 1. The van der Waals surface area contributed by atoms with Crippen LogP contribution in [-0.2, 0) is 22.6 Å². The zero-order chi connectivity index (χ0) is 20.6. The van der Waals surface area contributed by atoms with Crippen LogP contribution in [0.5, 0.6) is 0 Å². The second kappa shape index (κ2) is 10.3. The largest absolute Gasteiger partial charge is 0.479 e. The summed E-state index contributed by atoms with van der Waals surface area (Å²) in [5.41, 5.74) is 1.14. The molecule has 8 heteroatoms. The van der Waals surface area contributed by atoms with E-state index < -0.39 is 12.0 Å². The molecule has 152 valence electrons. The van der Waals surface area contributed by atoms with Crippen LogP contribution >= 0.6 is 24.0 Å². The van der Waals surface area contributed by atoms with Gasteiger partial charge < -0.3 is 10.4 Å². The maximum Gasteiger partial charge on any atom is 0.331 e. The minimum Gasteiger partial charge on any atom is -0.479 e. The van der Waals surface area contributed by atoms with Crippen molar-refractivity contribution in [2.24, 2.45) is 5.92 Å². The molecule has 3 rings (SSSR count). The molecule has 2 heterocycles. The van der Waals surface area contributed by atoms with Crippen LogP contribution in [0.4, 0.5) is 0 Å². The van der Waals surface area contributed by atoms with Crippen LogP contribution < -0.4 is 5.32 Å². The summed E-state index contributed by atoms with van der Waals surface area (Å²) in [6.45, 7) is 0.564. The topological polar surface area (TPSA) is 84.2 Å². The number of carboxylic acids is 1. The first-order valence-corrected chi connectivity index (χ1v) is 10.8. The Morgan fingerprint density at radius 1 is 1.17 bits per heavy atom. The van der Waals surface area contributed by atoms with Crippen LogP contribution in [0, 0.1) is 5.92 Å². The van der Waals surface area contributed by atoms with Crippen molar-refractivity contribution in [3.8, 4) is 0 Å². The smallest absolute Gasteiger partial charge is 0.331 e. The van der Waals surface area contributed by atoms with Gasteiger partial charge in [0, 0.05) is 33.8 Å². The number of nitrogens with zero attached hydrogens (tertiary/aromatic N) is 2. The second-order valence-corrected chi connectivity index (χ2v) is 8.26. The molecule has 29 heavy (non-hydrogen) atoms. The minimum absolute atomic E-state index is 0.287. The van der Waals surface area contributed by atoms with Gasteiger partial charge in [0.15, 0.2) is 6.04 Å². The lowest BCUT2D eigenvalue weighted by Gasteiger charge is -2.18. The average molecular weight is 430 g/mol. The van der Waals surface area contributed by atoms with Gasteiger partial charge in [-0.2, -0.15) is 17.7 Å². The van der Waals surface area contributed by atoms with E-state index in [1.807, 2.05) is 48.7 Å². The Kier molecular flexibility index (Phi) is 7.48. The van der Waals surface area contributed by atoms with E-state index in [0.29, 0.717) is 23.6 Å². The van der Waals surface area contributed by atoms with E-state index in [1.165, 1.54) is 11.3 Å². The molecule has 0 spiro atoms. The van der Waals surface area contributed by atoms with Crippen molar-refractivity contribution in [3.63, 3.8) is 0 Å². The van der Waals surface area contributed by atoms with Gasteiger partial charge >= 0.3 is 5.97 Å². The van der Waals surface area contributed by atoms with Gasteiger partial charge in [0.1, 0.15) is 0 Å². The highest BCUT2D eigenvalue weighted by Crippen LogP contribution is 2.25. The molecule has 2 aromatic heterocycles. The molecule has 3 aromatic rings. The fraction of sp³-hybridized carbons (Fsp3) is 0.286. The van der Waals surface area contributed by atoms with E-state index in [1.54, 1.807) is 16.9 Å². The van der Waals surface area contributed by atoms with Gasteiger partial charge in [-0.1, -0.05) is 30.3 Å². The monoisotopic (exact) mass is 429 g/mol. The van der Waals surface area contributed by atoms with Crippen LogP contribution in [0.15, 0.2) is 60.9 Å². The van der Waals surface area contributed by atoms with Gasteiger partial charge in [0.2, 0.25) is 5.91 Å². The number of amides is 1. The van der Waals surface area contributed by atoms with Gasteiger partial charge in [-0.25, -0.2) is 4.79 Å². The third-order valence-electron chi connectivity index (χ3n) is 4.59. The maximum atomic E-state index is 12.7. The molecule has 0 aliphatic carbocycles. The molecule has 1 aromatic carbocycles. The standard InChI is InChI=1S/C21H23N3O3S2/c25-20(16(14-28)8-7-15-5-2-1-3-6-15)23-19(21(26)27)18-10-9-17(29-18)13-24-12-4-11-22-24/h1-6,9-12,16,19,28H,7-8,13-14H2,(H,23,25)(H,26,27). The maximum absolute atomic E-state index is 12.7. The van der Waals surface area contributed by atoms with E-state index in [0.717, 1.165) is 16.9 Å². The SMILES string of the molecule is O=C(NC(C(=O)O)c1ccc(Cn2cccn2)s1)C(CS)CCc1ccccc1. The summed E-state index contributed by atoms with van der Waals surface area (Å²) in [7, 11) is 0. The summed E-state index contributed by atoms with van der Waals surface area (Å²) < 4.78 is 1.77. The van der Waals surface area contributed by atoms with E-state index in [-0.39, 0.29) is 11.8 Å². The number of hydrogen-bond acceptors (Lipinski definition) is 5. The number of benzene rings is 1. The molecular weight excluding hydrogens is 406 g/mol. The Morgan fingerprint density at radius 3 is 2.62 bits per heavy atom.